The van der Waals surface area contributed by atoms with E-state index in [0.717, 1.165) is 47.1 Å². The van der Waals surface area contributed by atoms with Gasteiger partial charge in [0.05, 0.1) is 11.1 Å². The summed E-state index contributed by atoms with van der Waals surface area (Å²) >= 11 is 0. The smallest absolute Gasteiger partial charge is 0.158 e. The first-order valence-corrected chi connectivity index (χ1v) is 8.10. The standard InChI is InChI=1S/C19H17N5/c1-10-2-4-13-14(8-10)16-18(20)23-24-19(16)22-17(13)12-3-5-15-11(9-12)6-7-21-15/h3,5-7,9,21H,1-2,4,8H2,(H3,20,22,23,24). The van der Waals surface area contributed by atoms with Gasteiger partial charge >= 0.3 is 0 Å². The molecule has 0 aliphatic heterocycles. The van der Waals surface area contributed by atoms with Crippen LogP contribution in [0.4, 0.5) is 5.82 Å². The van der Waals surface area contributed by atoms with Gasteiger partial charge in [0.25, 0.3) is 0 Å². The Morgan fingerprint density at radius 3 is 2.96 bits per heavy atom. The molecule has 4 N–H and O–H groups in total. The number of aromatic nitrogens is 4. The number of nitrogens with zero attached hydrogens (tertiary/aromatic N) is 2. The van der Waals surface area contributed by atoms with E-state index in [1.54, 1.807) is 0 Å². The van der Waals surface area contributed by atoms with E-state index >= 15 is 0 Å². The average Bonchev–Trinajstić information content (AvgIpc) is 3.20. The minimum atomic E-state index is 0.524. The van der Waals surface area contributed by atoms with Crippen molar-refractivity contribution in [3.05, 3.63) is 53.7 Å². The van der Waals surface area contributed by atoms with E-state index < -0.39 is 0 Å². The van der Waals surface area contributed by atoms with Crippen LogP contribution in [0.5, 0.6) is 0 Å². The molecule has 1 aliphatic rings. The van der Waals surface area contributed by atoms with Gasteiger partial charge in [-0.05, 0) is 48.6 Å². The second kappa shape index (κ2) is 4.71. The molecule has 0 atom stereocenters. The zero-order valence-corrected chi connectivity index (χ0v) is 13.2. The van der Waals surface area contributed by atoms with Crippen LogP contribution in [0, 0.1) is 0 Å². The molecule has 0 saturated heterocycles. The molecular weight excluding hydrogens is 298 g/mol. The molecular formula is C19H17N5. The molecule has 1 aliphatic carbocycles. The first kappa shape index (κ1) is 13.4. The Bertz CT molecular complexity index is 1120. The number of hydrogen-bond donors (Lipinski definition) is 3. The Morgan fingerprint density at radius 2 is 2.04 bits per heavy atom. The lowest BCUT2D eigenvalue weighted by Gasteiger charge is -2.21. The summed E-state index contributed by atoms with van der Waals surface area (Å²) < 4.78 is 0. The van der Waals surface area contributed by atoms with Crippen LogP contribution in [0.1, 0.15) is 17.5 Å². The highest BCUT2D eigenvalue weighted by Gasteiger charge is 2.23. The molecule has 0 saturated carbocycles. The quantitative estimate of drug-likeness (QED) is 0.468. The van der Waals surface area contributed by atoms with E-state index in [0.29, 0.717) is 5.82 Å². The van der Waals surface area contributed by atoms with Crippen molar-refractivity contribution in [3.8, 4) is 11.3 Å². The van der Waals surface area contributed by atoms with E-state index in [-0.39, 0.29) is 0 Å². The zero-order valence-electron chi connectivity index (χ0n) is 13.2. The topological polar surface area (TPSA) is 83.4 Å². The van der Waals surface area contributed by atoms with E-state index in [1.807, 2.05) is 6.20 Å². The highest BCUT2D eigenvalue weighted by molar-refractivity contribution is 5.94. The number of allylic oxidation sites excluding steroid dienone is 1. The zero-order chi connectivity index (χ0) is 16.3. The summed E-state index contributed by atoms with van der Waals surface area (Å²) in [5.74, 6) is 0.524. The fourth-order valence-electron chi connectivity index (χ4n) is 3.74. The SMILES string of the molecule is C=C1CCc2c(-c3ccc4[nH]ccc4c3)nc3[nH]nc(N)c3c2C1. The molecule has 3 aromatic heterocycles. The number of nitrogens with two attached hydrogens (primary N) is 1. The van der Waals surface area contributed by atoms with Gasteiger partial charge in [0.2, 0.25) is 0 Å². The van der Waals surface area contributed by atoms with Crippen LogP contribution in [-0.2, 0) is 12.8 Å². The largest absolute Gasteiger partial charge is 0.382 e. The van der Waals surface area contributed by atoms with Gasteiger partial charge in [-0.25, -0.2) is 4.98 Å². The van der Waals surface area contributed by atoms with Gasteiger partial charge in [-0.1, -0.05) is 18.2 Å². The molecule has 24 heavy (non-hydrogen) atoms. The molecule has 0 spiro atoms. The van der Waals surface area contributed by atoms with Crippen molar-refractivity contribution >= 4 is 27.8 Å². The van der Waals surface area contributed by atoms with Crippen molar-refractivity contribution in [2.24, 2.45) is 0 Å². The monoisotopic (exact) mass is 315 g/mol. The third-order valence-corrected chi connectivity index (χ3v) is 4.93. The van der Waals surface area contributed by atoms with Crippen LogP contribution in [0.2, 0.25) is 0 Å². The third kappa shape index (κ3) is 1.81. The van der Waals surface area contributed by atoms with Crippen LogP contribution >= 0.6 is 0 Å². The van der Waals surface area contributed by atoms with E-state index in [9.17, 15) is 0 Å². The van der Waals surface area contributed by atoms with Gasteiger partial charge in [0, 0.05) is 22.7 Å². The molecule has 5 rings (SSSR count). The van der Waals surface area contributed by atoms with Crippen molar-refractivity contribution < 1.29 is 0 Å². The molecule has 0 amide bonds. The molecule has 5 nitrogen and oxygen atoms in total. The van der Waals surface area contributed by atoms with Crippen LogP contribution in [-0.4, -0.2) is 20.2 Å². The molecule has 0 fully saturated rings. The van der Waals surface area contributed by atoms with E-state index in [1.165, 1.54) is 22.1 Å². The van der Waals surface area contributed by atoms with E-state index in [4.69, 9.17) is 10.7 Å². The molecule has 1 aromatic carbocycles. The van der Waals surface area contributed by atoms with E-state index in [2.05, 4.69) is 46.0 Å². The highest BCUT2D eigenvalue weighted by atomic mass is 15.2. The molecule has 0 radical (unpaired) electrons. The molecule has 4 aromatic rings. The second-order valence-corrected chi connectivity index (χ2v) is 6.46. The Labute approximate surface area is 138 Å². The normalized spacial score (nSPS) is 14.4. The maximum atomic E-state index is 6.08. The first-order valence-electron chi connectivity index (χ1n) is 8.10. The van der Waals surface area contributed by atoms with Gasteiger partial charge in [0.1, 0.15) is 0 Å². The van der Waals surface area contributed by atoms with Gasteiger partial charge in [-0.15, -0.1) is 0 Å². The molecule has 0 bridgehead atoms. The molecule has 118 valence electrons. The first-order chi connectivity index (χ1) is 11.7. The summed E-state index contributed by atoms with van der Waals surface area (Å²) in [7, 11) is 0. The lowest BCUT2D eigenvalue weighted by Crippen LogP contribution is -2.09. The number of anilines is 1. The summed E-state index contributed by atoms with van der Waals surface area (Å²) in [6.07, 6.45) is 4.75. The van der Waals surface area contributed by atoms with Crippen molar-refractivity contribution in [2.45, 2.75) is 19.3 Å². The number of H-pyrrole nitrogens is 2. The summed E-state index contributed by atoms with van der Waals surface area (Å²) in [5, 5.41) is 9.28. The number of rotatable bonds is 1. The highest BCUT2D eigenvalue weighted by Crippen LogP contribution is 2.38. The number of benzene rings is 1. The lowest BCUT2D eigenvalue weighted by atomic mass is 9.85. The Morgan fingerprint density at radius 1 is 1.12 bits per heavy atom. The fraction of sp³-hybridized carbons (Fsp3) is 0.158. The fourth-order valence-corrected chi connectivity index (χ4v) is 3.74. The van der Waals surface area contributed by atoms with Crippen molar-refractivity contribution in [1.29, 1.82) is 0 Å². The number of nitrogens with one attached hydrogen (secondary N) is 2. The molecule has 5 heteroatoms. The number of fused-ring (bicyclic) bond motifs is 4. The maximum absolute atomic E-state index is 6.08. The van der Waals surface area contributed by atoms with Crippen molar-refractivity contribution in [2.75, 3.05) is 5.73 Å². The van der Waals surface area contributed by atoms with Gasteiger partial charge in [-0.2, -0.15) is 5.10 Å². The maximum Gasteiger partial charge on any atom is 0.158 e. The van der Waals surface area contributed by atoms with Crippen molar-refractivity contribution in [1.82, 2.24) is 20.2 Å². The number of hydrogen-bond acceptors (Lipinski definition) is 3. The second-order valence-electron chi connectivity index (χ2n) is 6.46. The van der Waals surface area contributed by atoms with Gasteiger partial charge in [-0.3, -0.25) is 5.10 Å². The Hall–Kier alpha value is -3.08. The van der Waals surface area contributed by atoms with Crippen LogP contribution in [0.3, 0.4) is 0 Å². The summed E-state index contributed by atoms with van der Waals surface area (Å²) in [5.41, 5.74) is 13.9. The predicted molar refractivity (Wildman–Crippen MR) is 96.8 cm³/mol. The summed E-state index contributed by atoms with van der Waals surface area (Å²) in [6.45, 7) is 4.17. The van der Waals surface area contributed by atoms with Crippen LogP contribution in [0.25, 0.3) is 33.2 Å². The number of pyridine rings is 1. The van der Waals surface area contributed by atoms with Gasteiger partial charge in [0.15, 0.2) is 11.5 Å². The number of aromatic amines is 2. The van der Waals surface area contributed by atoms with Gasteiger partial charge < -0.3 is 10.7 Å². The van der Waals surface area contributed by atoms with Crippen LogP contribution < -0.4 is 5.73 Å². The lowest BCUT2D eigenvalue weighted by molar-refractivity contribution is 0.844. The average molecular weight is 315 g/mol. The number of nitrogen functional groups attached to an aromatic ring is 1. The minimum Gasteiger partial charge on any atom is -0.382 e. The third-order valence-electron chi connectivity index (χ3n) is 4.93. The van der Waals surface area contributed by atoms with Crippen molar-refractivity contribution in [3.63, 3.8) is 0 Å². The summed E-state index contributed by atoms with van der Waals surface area (Å²) in [4.78, 5) is 8.09. The Balaban J connectivity index is 1.83. The molecule has 0 unspecified atom stereocenters. The Kier molecular flexibility index (Phi) is 2.62. The summed E-state index contributed by atoms with van der Waals surface area (Å²) in [6, 6.07) is 8.49. The molecule has 3 heterocycles. The predicted octanol–water partition coefficient (Wildman–Crippen LogP) is 3.73. The van der Waals surface area contributed by atoms with Crippen LogP contribution in [0.15, 0.2) is 42.6 Å². The minimum absolute atomic E-state index is 0.524.